The normalized spacial score (nSPS) is 11.8. The number of anilines is 1. The maximum absolute atomic E-state index is 5.66. The molecule has 3 nitrogen and oxygen atoms in total. The first-order valence-electron chi connectivity index (χ1n) is 4.99. The highest BCUT2D eigenvalue weighted by Crippen LogP contribution is 2.26. The van der Waals surface area contributed by atoms with Crippen LogP contribution in [0.4, 0.5) is 5.95 Å². The molecule has 0 aliphatic carbocycles. The van der Waals surface area contributed by atoms with Crippen molar-refractivity contribution in [3.8, 4) is 0 Å². The van der Waals surface area contributed by atoms with Crippen LogP contribution in [0.1, 0.15) is 44.6 Å². The summed E-state index contributed by atoms with van der Waals surface area (Å²) < 4.78 is 0. The summed E-state index contributed by atoms with van der Waals surface area (Å²) in [5, 5.41) is 0. The standard InChI is InChI=1S/C11H19N3/c1-6-8-7(2)13-10(12)14-9(8)11(3,4)5/h6H2,1-5H3,(H2,12,13,14). The minimum atomic E-state index is 0.0349. The summed E-state index contributed by atoms with van der Waals surface area (Å²) in [6, 6.07) is 0. The molecule has 0 unspecified atom stereocenters. The first kappa shape index (κ1) is 11.0. The molecule has 1 aromatic heterocycles. The minimum absolute atomic E-state index is 0.0349. The van der Waals surface area contributed by atoms with Crippen molar-refractivity contribution in [2.24, 2.45) is 0 Å². The molecule has 14 heavy (non-hydrogen) atoms. The molecular weight excluding hydrogens is 174 g/mol. The van der Waals surface area contributed by atoms with Gasteiger partial charge in [0.2, 0.25) is 5.95 Å². The SMILES string of the molecule is CCc1c(C)nc(N)nc1C(C)(C)C. The highest BCUT2D eigenvalue weighted by atomic mass is 15.0. The average Bonchev–Trinajstić information content (AvgIpc) is 2.01. The molecule has 0 bridgehead atoms. The molecule has 3 heteroatoms. The Morgan fingerprint density at radius 3 is 2.21 bits per heavy atom. The summed E-state index contributed by atoms with van der Waals surface area (Å²) in [5.74, 6) is 0.379. The summed E-state index contributed by atoms with van der Waals surface area (Å²) in [6.07, 6.45) is 0.957. The van der Waals surface area contributed by atoms with Gasteiger partial charge in [-0.3, -0.25) is 0 Å². The van der Waals surface area contributed by atoms with Crippen LogP contribution in [0.5, 0.6) is 0 Å². The topological polar surface area (TPSA) is 51.8 Å². The van der Waals surface area contributed by atoms with Gasteiger partial charge in [0.05, 0.1) is 5.69 Å². The molecule has 0 amide bonds. The van der Waals surface area contributed by atoms with E-state index in [2.05, 4.69) is 37.7 Å². The molecule has 1 rings (SSSR count). The predicted molar refractivity (Wildman–Crippen MR) is 59.3 cm³/mol. The van der Waals surface area contributed by atoms with Crippen LogP contribution in [0.2, 0.25) is 0 Å². The van der Waals surface area contributed by atoms with Crippen LogP contribution in [0.3, 0.4) is 0 Å². The third-order valence-corrected chi connectivity index (χ3v) is 2.30. The highest BCUT2D eigenvalue weighted by molar-refractivity contribution is 5.34. The molecule has 0 aromatic carbocycles. The Hall–Kier alpha value is -1.12. The average molecular weight is 193 g/mol. The van der Waals surface area contributed by atoms with Crippen molar-refractivity contribution >= 4 is 5.95 Å². The van der Waals surface area contributed by atoms with Gasteiger partial charge in [-0.25, -0.2) is 9.97 Å². The number of rotatable bonds is 1. The Balaban J connectivity index is 3.40. The molecule has 0 fully saturated rings. The molecule has 1 heterocycles. The maximum Gasteiger partial charge on any atom is 0.220 e. The van der Waals surface area contributed by atoms with Crippen molar-refractivity contribution in [3.63, 3.8) is 0 Å². The van der Waals surface area contributed by atoms with Crippen molar-refractivity contribution in [2.45, 2.75) is 46.5 Å². The number of hydrogen-bond donors (Lipinski definition) is 1. The molecule has 2 N–H and O–H groups in total. The minimum Gasteiger partial charge on any atom is -0.368 e. The van der Waals surface area contributed by atoms with E-state index in [0.717, 1.165) is 17.8 Å². The van der Waals surface area contributed by atoms with E-state index in [1.165, 1.54) is 5.56 Å². The third-order valence-electron chi connectivity index (χ3n) is 2.30. The lowest BCUT2D eigenvalue weighted by Gasteiger charge is -2.22. The first-order valence-corrected chi connectivity index (χ1v) is 4.99. The second-order valence-electron chi connectivity index (χ2n) is 4.60. The van der Waals surface area contributed by atoms with Gasteiger partial charge in [-0.05, 0) is 18.9 Å². The largest absolute Gasteiger partial charge is 0.368 e. The van der Waals surface area contributed by atoms with Crippen molar-refractivity contribution in [2.75, 3.05) is 5.73 Å². The lowest BCUT2D eigenvalue weighted by atomic mass is 9.87. The van der Waals surface area contributed by atoms with E-state index >= 15 is 0 Å². The lowest BCUT2D eigenvalue weighted by Crippen LogP contribution is -2.19. The zero-order valence-corrected chi connectivity index (χ0v) is 9.68. The first-order chi connectivity index (χ1) is 6.36. The smallest absolute Gasteiger partial charge is 0.220 e. The molecule has 78 valence electrons. The zero-order chi connectivity index (χ0) is 10.9. The van der Waals surface area contributed by atoms with Crippen molar-refractivity contribution in [1.82, 2.24) is 9.97 Å². The Kier molecular flexibility index (Phi) is 2.79. The van der Waals surface area contributed by atoms with Crippen LogP contribution in [0.25, 0.3) is 0 Å². The van der Waals surface area contributed by atoms with Gasteiger partial charge >= 0.3 is 0 Å². The Bertz CT molecular complexity index is 337. The molecule has 0 atom stereocenters. The van der Waals surface area contributed by atoms with Crippen LogP contribution < -0.4 is 5.73 Å². The number of nitrogen functional groups attached to an aromatic ring is 1. The predicted octanol–water partition coefficient (Wildman–Crippen LogP) is 2.23. The van der Waals surface area contributed by atoms with Gasteiger partial charge in [0, 0.05) is 11.1 Å². The molecule has 1 aromatic rings. The Morgan fingerprint density at radius 2 is 1.79 bits per heavy atom. The summed E-state index contributed by atoms with van der Waals surface area (Å²) in [7, 11) is 0. The van der Waals surface area contributed by atoms with Gasteiger partial charge in [0.15, 0.2) is 0 Å². The van der Waals surface area contributed by atoms with Crippen molar-refractivity contribution < 1.29 is 0 Å². The fourth-order valence-electron chi connectivity index (χ4n) is 1.66. The van der Waals surface area contributed by atoms with Crippen molar-refractivity contribution in [1.29, 1.82) is 0 Å². The molecule has 0 saturated carbocycles. The van der Waals surface area contributed by atoms with E-state index in [-0.39, 0.29) is 5.41 Å². The number of aromatic nitrogens is 2. The molecule has 0 aliphatic heterocycles. The van der Waals surface area contributed by atoms with Gasteiger partial charge in [-0.15, -0.1) is 0 Å². The van der Waals surface area contributed by atoms with Crippen molar-refractivity contribution in [3.05, 3.63) is 17.0 Å². The molecule has 0 aliphatic rings. The van der Waals surface area contributed by atoms with Gasteiger partial charge in [-0.2, -0.15) is 0 Å². The Morgan fingerprint density at radius 1 is 1.21 bits per heavy atom. The van der Waals surface area contributed by atoms with E-state index < -0.39 is 0 Å². The molecule has 0 saturated heterocycles. The third kappa shape index (κ3) is 2.03. The fourth-order valence-corrected chi connectivity index (χ4v) is 1.66. The monoisotopic (exact) mass is 193 g/mol. The van der Waals surface area contributed by atoms with Crippen LogP contribution in [-0.2, 0) is 11.8 Å². The fraction of sp³-hybridized carbons (Fsp3) is 0.636. The van der Waals surface area contributed by atoms with Gasteiger partial charge in [0.1, 0.15) is 0 Å². The lowest BCUT2D eigenvalue weighted by molar-refractivity contribution is 0.558. The van der Waals surface area contributed by atoms with E-state index in [0.29, 0.717) is 5.95 Å². The maximum atomic E-state index is 5.66. The summed E-state index contributed by atoms with van der Waals surface area (Å²) in [4.78, 5) is 8.53. The summed E-state index contributed by atoms with van der Waals surface area (Å²) >= 11 is 0. The van der Waals surface area contributed by atoms with E-state index in [1.54, 1.807) is 0 Å². The quantitative estimate of drug-likeness (QED) is 0.744. The number of hydrogen-bond acceptors (Lipinski definition) is 3. The van der Waals surface area contributed by atoms with Crippen LogP contribution in [0.15, 0.2) is 0 Å². The zero-order valence-electron chi connectivity index (χ0n) is 9.68. The second-order valence-corrected chi connectivity index (χ2v) is 4.60. The number of aryl methyl sites for hydroxylation is 1. The summed E-state index contributed by atoms with van der Waals surface area (Å²) in [6.45, 7) is 10.6. The molecule has 0 spiro atoms. The molecular formula is C11H19N3. The Labute approximate surface area is 85.8 Å². The van der Waals surface area contributed by atoms with E-state index in [9.17, 15) is 0 Å². The summed E-state index contributed by atoms with van der Waals surface area (Å²) in [5.41, 5.74) is 9.00. The van der Waals surface area contributed by atoms with Gasteiger partial charge in [-0.1, -0.05) is 27.7 Å². The second kappa shape index (κ2) is 3.56. The number of nitrogens with two attached hydrogens (primary N) is 1. The van der Waals surface area contributed by atoms with Crippen LogP contribution in [-0.4, -0.2) is 9.97 Å². The number of nitrogens with zero attached hydrogens (tertiary/aromatic N) is 2. The van der Waals surface area contributed by atoms with Crippen LogP contribution in [0, 0.1) is 6.92 Å². The molecule has 0 radical (unpaired) electrons. The highest BCUT2D eigenvalue weighted by Gasteiger charge is 2.21. The van der Waals surface area contributed by atoms with Gasteiger partial charge < -0.3 is 5.73 Å². The van der Waals surface area contributed by atoms with E-state index in [1.807, 2.05) is 6.92 Å². The van der Waals surface area contributed by atoms with Gasteiger partial charge in [0.25, 0.3) is 0 Å². The van der Waals surface area contributed by atoms with Crippen LogP contribution >= 0.6 is 0 Å². The van der Waals surface area contributed by atoms with E-state index in [4.69, 9.17) is 5.73 Å².